The third-order valence-corrected chi connectivity index (χ3v) is 2.69. The zero-order valence-corrected chi connectivity index (χ0v) is 9.71. The highest BCUT2D eigenvalue weighted by molar-refractivity contribution is 7.94. The summed E-state index contributed by atoms with van der Waals surface area (Å²) >= 11 is 1.24. The maximum absolute atomic E-state index is 11.6. The Morgan fingerprint density at radius 3 is 3.19 bits per heavy atom. The fourth-order valence-electron chi connectivity index (χ4n) is 1.41. The summed E-state index contributed by atoms with van der Waals surface area (Å²) in [6.07, 6.45) is 0.510. The lowest BCUT2D eigenvalue weighted by molar-refractivity contribution is 0.0988. The van der Waals surface area contributed by atoms with Crippen molar-refractivity contribution < 1.29 is 9.08 Å². The zero-order valence-electron chi connectivity index (χ0n) is 8.90. The number of rotatable bonds is 3. The number of carbonyl (C=O) groups excluding carboxylic acids is 1. The van der Waals surface area contributed by atoms with Crippen LogP contribution >= 0.6 is 12.0 Å². The first-order valence-corrected chi connectivity index (χ1v) is 5.95. The van der Waals surface area contributed by atoms with Gasteiger partial charge in [0.25, 0.3) is 0 Å². The maximum atomic E-state index is 11.6. The maximum Gasteiger partial charge on any atom is 0.162 e. The smallest absolute Gasteiger partial charge is 0.162 e. The Bertz CT molecular complexity index is 432. The predicted molar refractivity (Wildman–Crippen MR) is 64.3 cm³/mol. The first-order chi connectivity index (χ1) is 7.81. The molecule has 0 radical (unpaired) electrons. The van der Waals surface area contributed by atoms with Gasteiger partial charge in [0.05, 0.1) is 0 Å². The van der Waals surface area contributed by atoms with Crippen LogP contribution in [0.25, 0.3) is 0 Å². The van der Waals surface area contributed by atoms with Crippen LogP contribution < -0.4 is 5.48 Å². The van der Waals surface area contributed by atoms with Crippen molar-refractivity contribution >= 4 is 23.7 Å². The van der Waals surface area contributed by atoms with Crippen LogP contribution in [-0.2, 0) is 4.28 Å². The van der Waals surface area contributed by atoms with E-state index in [1.54, 1.807) is 0 Å². The van der Waals surface area contributed by atoms with Crippen LogP contribution in [0.5, 0.6) is 0 Å². The number of Topliss-reactive ketones (excluding diaryl/α,β-unsaturated/α-hetero) is 1. The number of benzene rings is 1. The molecule has 0 saturated heterocycles. The average Bonchev–Trinajstić information content (AvgIpc) is 2.39. The molecular weight excluding hydrogens is 224 g/mol. The molecule has 1 aliphatic heterocycles. The number of hydrogen-bond acceptors (Lipinski definition) is 5. The van der Waals surface area contributed by atoms with Gasteiger partial charge in [0, 0.05) is 29.6 Å². The van der Waals surface area contributed by atoms with Crippen molar-refractivity contribution in [3.63, 3.8) is 0 Å². The molecule has 16 heavy (non-hydrogen) atoms. The van der Waals surface area contributed by atoms with Crippen LogP contribution in [0, 0.1) is 0 Å². The molecule has 0 spiro atoms. The molecule has 0 saturated carbocycles. The van der Waals surface area contributed by atoms with Crippen molar-refractivity contribution in [2.24, 2.45) is 4.99 Å². The molecule has 0 bridgehead atoms. The first kappa shape index (κ1) is 11.2. The van der Waals surface area contributed by atoms with Crippen molar-refractivity contribution in [2.45, 2.75) is 13.3 Å². The fourth-order valence-corrected chi connectivity index (χ4v) is 1.79. The molecule has 1 heterocycles. The van der Waals surface area contributed by atoms with Gasteiger partial charge in [-0.15, -0.1) is 0 Å². The SMILES string of the molecule is CCC(=O)c1cccc(C2=NCSON2)c1. The molecular formula is C11H12N2O2S. The Morgan fingerprint density at radius 1 is 1.62 bits per heavy atom. The minimum absolute atomic E-state index is 0.133. The second kappa shape index (κ2) is 5.14. The normalized spacial score (nSPS) is 15.2. The van der Waals surface area contributed by atoms with Crippen LogP contribution in [0.4, 0.5) is 0 Å². The summed E-state index contributed by atoms with van der Waals surface area (Å²) in [5.41, 5.74) is 4.31. The Labute approximate surface area is 98.3 Å². The number of carbonyl (C=O) groups is 1. The van der Waals surface area contributed by atoms with Gasteiger partial charge < -0.3 is 0 Å². The average molecular weight is 236 g/mol. The summed E-state index contributed by atoms with van der Waals surface area (Å²) < 4.78 is 5.01. The molecule has 1 N–H and O–H groups in total. The highest BCUT2D eigenvalue weighted by atomic mass is 32.2. The molecule has 5 heteroatoms. The van der Waals surface area contributed by atoms with Gasteiger partial charge in [0.15, 0.2) is 11.6 Å². The van der Waals surface area contributed by atoms with E-state index in [1.165, 1.54) is 12.0 Å². The molecule has 0 amide bonds. The number of aliphatic imine (C=N–C) groups is 1. The van der Waals surface area contributed by atoms with Crippen molar-refractivity contribution in [2.75, 3.05) is 5.88 Å². The molecule has 4 nitrogen and oxygen atoms in total. The molecule has 0 atom stereocenters. The molecule has 0 aliphatic carbocycles. The first-order valence-electron chi connectivity index (χ1n) is 5.04. The van der Waals surface area contributed by atoms with Gasteiger partial charge in [-0.25, -0.2) is 9.76 Å². The van der Waals surface area contributed by atoms with Crippen LogP contribution in [0.1, 0.15) is 29.3 Å². The van der Waals surface area contributed by atoms with Gasteiger partial charge in [0.2, 0.25) is 0 Å². The minimum Gasteiger partial charge on any atom is -0.294 e. The van der Waals surface area contributed by atoms with Crippen molar-refractivity contribution in [3.8, 4) is 0 Å². The van der Waals surface area contributed by atoms with Crippen LogP contribution in [0.2, 0.25) is 0 Å². The van der Waals surface area contributed by atoms with Crippen LogP contribution in [0.3, 0.4) is 0 Å². The van der Waals surface area contributed by atoms with Gasteiger partial charge in [-0.2, -0.15) is 0 Å². The summed E-state index contributed by atoms with van der Waals surface area (Å²) in [4.78, 5) is 15.8. The van der Waals surface area contributed by atoms with E-state index in [0.717, 1.165) is 5.56 Å². The van der Waals surface area contributed by atoms with E-state index in [1.807, 2.05) is 31.2 Å². The standard InChI is InChI=1S/C11H12N2O2S/c1-2-10(14)8-4-3-5-9(6-8)11-12-7-16-15-13-11/h3-6H,2,7H2,1H3,(H,12,13). The Hall–Kier alpha value is -1.33. The summed E-state index contributed by atoms with van der Waals surface area (Å²) in [6.45, 7) is 1.85. The minimum atomic E-state index is 0.133. The van der Waals surface area contributed by atoms with E-state index in [-0.39, 0.29) is 5.78 Å². The number of nitrogens with one attached hydrogen (secondary N) is 1. The lowest BCUT2D eigenvalue weighted by atomic mass is 10.1. The van der Waals surface area contributed by atoms with Gasteiger partial charge in [-0.3, -0.25) is 9.79 Å². The molecule has 0 aromatic heterocycles. The van der Waals surface area contributed by atoms with Gasteiger partial charge in [0.1, 0.15) is 5.88 Å². The topological polar surface area (TPSA) is 50.7 Å². The summed E-state index contributed by atoms with van der Waals surface area (Å²) in [5.74, 6) is 1.37. The molecule has 1 aromatic carbocycles. The fraction of sp³-hybridized carbons (Fsp3) is 0.273. The number of amidine groups is 1. The third-order valence-electron chi connectivity index (χ3n) is 2.25. The van der Waals surface area contributed by atoms with E-state index in [9.17, 15) is 4.79 Å². The Morgan fingerprint density at radius 2 is 2.50 bits per heavy atom. The molecule has 0 unspecified atom stereocenters. The zero-order chi connectivity index (χ0) is 11.4. The second-order valence-corrected chi connectivity index (χ2v) is 3.96. The van der Waals surface area contributed by atoms with Gasteiger partial charge >= 0.3 is 0 Å². The van der Waals surface area contributed by atoms with Crippen LogP contribution in [0.15, 0.2) is 29.3 Å². The second-order valence-electron chi connectivity index (χ2n) is 3.30. The quantitative estimate of drug-likeness (QED) is 0.645. The molecule has 0 fully saturated rings. The van der Waals surface area contributed by atoms with E-state index < -0.39 is 0 Å². The van der Waals surface area contributed by atoms with E-state index in [0.29, 0.717) is 23.7 Å². The molecule has 2 rings (SSSR count). The lowest BCUT2D eigenvalue weighted by Gasteiger charge is -2.13. The molecule has 1 aliphatic rings. The monoisotopic (exact) mass is 236 g/mol. The van der Waals surface area contributed by atoms with Crippen LogP contribution in [-0.4, -0.2) is 17.5 Å². The van der Waals surface area contributed by atoms with E-state index in [4.69, 9.17) is 4.28 Å². The van der Waals surface area contributed by atoms with Crippen molar-refractivity contribution in [3.05, 3.63) is 35.4 Å². The number of hydrogen-bond donors (Lipinski definition) is 1. The van der Waals surface area contributed by atoms with Crippen molar-refractivity contribution in [1.29, 1.82) is 0 Å². The van der Waals surface area contributed by atoms with Crippen molar-refractivity contribution in [1.82, 2.24) is 5.48 Å². The van der Waals surface area contributed by atoms with E-state index >= 15 is 0 Å². The lowest BCUT2D eigenvalue weighted by Crippen LogP contribution is -2.26. The number of nitrogens with zero attached hydrogens (tertiary/aromatic N) is 1. The molecule has 1 aromatic rings. The van der Waals surface area contributed by atoms with Gasteiger partial charge in [-0.1, -0.05) is 25.1 Å². The highest BCUT2D eigenvalue weighted by Crippen LogP contribution is 2.12. The van der Waals surface area contributed by atoms with E-state index in [2.05, 4.69) is 10.5 Å². The largest absolute Gasteiger partial charge is 0.294 e. The van der Waals surface area contributed by atoms with Gasteiger partial charge in [-0.05, 0) is 6.07 Å². The summed E-state index contributed by atoms with van der Waals surface area (Å²) in [5, 5.41) is 0. The Balaban J connectivity index is 2.28. The molecule has 84 valence electrons. The number of ketones is 1. The number of hydroxylamine groups is 1. The Kier molecular flexibility index (Phi) is 3.58. The summed E-state index contributed by atoms with van der Waals surface area (Å²) in [6, 6.07) is 7.40. The highest BCUT2D eigenvalue weighted by Gasteiger charge is 2.10. The third kappa shape index (κ3) is 2.43. The predicted octanol–water partition coefficient (Wildman–Crippen LogP) is 2.17. The summed E-state index contributed by atoms with van der Waals surface area (Å²) in [7, 11) is 0.